The molecule has 3 aliphatic heterocycles. The second-order valence-corrected chi connectivity index (χ2v) is 11.9. The van der Waals surface area contributed by atoms with E-state index >= 15 is 0 Å². The Morgan fingerprint density at radius 1 is 0.907 bits per heavy atom. The number of aliphatic hydroxyl groups is 1. The van der Waals surface area contributed by atoms with E-state index in [1.165, 1.54) is 6.07 Å². The first kappa shape index (κ1) is 29.4. The third-order valence-corrected chi connectivity index (χ3v) is 9.34. The van der Waals surface area contributed by atoms with E-state index in [4.69, 9.17) is 9.72 Å². The van der Waals surface area contributed by atoms with Gasteiger partial charge in [0.1, 0.15) is 17.4 Å². The van der Waals surface area contributed by atoms with Crippen molar-refractivity contribution in [3.63, 3.8) is 0 Å². The number of aromatic nitrogens is 1. The molecule has 0 saturated carbocycles. The molecule has 3 fully saturated rings. The van der Waals surface area contributed by atoms with Gasteiger partial charge in [-0.2, -0.15) is 0 Å². The van der Waals surface area contributed by atoms with E-state index in [1.807, 2.05) is 53.4 Å². The third-order valence-electron chi connectivity index (χ3n) is 9.34. The van der Waals surface area contributed by atoms with Crippen molar-refractivity contribution in [1.29, 1.82) is 0 Å². The maximum absolute atomic E-state index is 14.5. The van der Waals surface area contributed by atoms with E-state index in [1.54, 1.807) is 13.2 Å². The first-order valence-corrected chi connectivity index (χ1v) is 15.6. The molecule has 1 N–H and O–H groups in total. The number of pyridine rings is 1. The van der Waals surface area contributed by atoms with E-state index in [-0.39, 0.29) is 18.3 Å². The minimum absolute atomic E-state index is 0.0101. The van der Waals surface area contributed by atoms with Gasteiger partial charge in [0.05, 0.1) is 24.1 Å². The number of benzene rings is 2. The van der Waals surface area contributed by atoms with Crippen molar-refractivity contribution in [2.45, 2.75) is 31.7 Å². The molecular formula is C34H42FN5O3. The van der Waals surface area contributed by atoms with Gasteiger partial charge in [0, 0.05) is 64.0 Å². The van der Waals surface area contributed by atoms with Crippen LogP contribution in [-0.2, 0) is 0 Å². The fourth-order valence-corrected chi connectivity index (χ4v) is 6.91. The van der Waals surface area contributed by atoms with Gasteiger partial charge < -0.3 is 24.5 Å². The molecule has 2 aromatic carbocycles. The average molecular weight is 588 g/mol. The average Bonchev–Trinajstić information content (AvgIpc) is 3.08. The van der Waals surface area contributed by atoms with Gasteiger partial charge in [0.25, 0.3) is 5.91 Å². The Labute approximate surface area is 253 Å². The number of aliphatic hydroxyl groups excluding tert-OH is 1. The molecule has 1 aromatic heterocycles. The minimum Gasteiger partial charge on any atom is -0.496 e. The van der Waals surface area contributed by atoms with Gasteiger partial charge in [-0.1, -0.05) is 24.3 Å². The third kappa shape index (κ3) is 6.33. The molecule has 0 aliphatic carbocycles. The predicted octanol–water partition coefficient (Wildman–Crippen LogP) is 4.53. The monoisotopic (exact) mass is 587 g/mol. The highest BCUT2D eigenvalue weighted by Crippen LogP contribution is 2.33. The largest absolute Gasteiger partial charge is 0.496 e. The Balaban J connectivity index is 1.22. The molecule has 0 bridgehead atoms. The summed E-state index contributed by atoms with van der Waals surface area (Å²) in [5, 5.41) is 9.67. The number of carbonyl (C=O) groups is 1. The zero-order valence-corrected chi connectivity index (χ0v) is 25.0. The highest BCUT2D eigenvalue weighted by atomic mass is 19.1. The molecule has 3 aromatic rings. The lowest BCUT2D eigenvalue weighted by atomic mass is 9.94. The van der Waals surface area contributed by atoms with Crippen molar-refractivity contribution in [3.8, 4) is 17.0 Å². The summed E-state index contributed by atoms with van der Waals surface area (Å²) in [6.45, 7) is 6.20. The maximum atomic E-state index is 14.5. The molecule has 4 heterocycles. The van der Waals surface area contributed by atoms with Crippen LogP contribution in [0.15, 0.2) is 60.7 Å². The number of hydrogen-bond acceptors (Lipinski definition) is 7. The number of piperidine rings is 2. The fourth-order valence-electron chi connectivity index (χ4n) is 6.91. The summed E-state index contributed by atoms with van der Waals surface area (Å²) >= 11 is 0. The quantitative estimate of drug-likeness (QED) is 0.436. The van der Waals surface area contributed by atoms with E-state index < -0.39 is 0 Å². The number of rotatable bonds is 7. The van der Waals surface area contributed by atoms with Gasteiger partial charge in [-0.3, -0.25) is 9.69 Å². The molecule has 3 aliphatic rings. The summed E-state index contributed by atoms with van der Waals surface area (Å²) in [6.07, 6.45) is 4.10. The minimum atomic E-state index is -0.219. The van der Waals surface area contributed by atoms with Gasteiger partial charge in [-0.25, -0.2) is 9.37 Å². The van der Waals surface area contributed by atoms with E-state index in [0.29, 0.717) is 68.3 Å². The summed E-state index contributed by atoms with van der Waals surface area (Å²) < 4.78 is 20.1. The Bertz CT molecular complexity index is 1400. The van der Waals surface area contributed by atoms with Crippen molar-refractivity contribution in [1.82, 2.24) is 14.8 Å². The number of hydrogen-bond donors (Lipinski definition) is 1. The summed E-state index contributed by atoms with van der Waals surface area (Å²) in [5.41, 5.74) is 2.84. The number of halogens is 1. The van der Waals surface area contributed by atoms with Crippen molar-refractivity contribution < 1.29 is 19.0 Å². The van der Waals surface area contributed by atoms with Crippen LogP contribution in [0.25, 0.3) is 11.3 Å². The fraction of sp³-hybridized carbons (Fsp3) is 0.471. The molecule has 0 radical (unpaired) electrons. The molecule has 9 heteroatoms. The van der Waals surface area contributed by atoms with Gasteiger partial charge in [0.2, 0.25) is 0 Å². The Hall–Kier alpha value is -3.69. The predicted molar refractivity (Wildman–Crippen MR) is 167 cm³/mol. The van der Waals surface area contributed by atoms with Crippen LogP contribution >= 0.6 is 0 Å². The maximum Gasteiger partial charge on any atom is 0.257 e. The van der Waals surface area contributed by atoms with E-state index in [2.05, 4.69) is 14.7 Å². The van der Waals surface area contributed by atoms with E-state index in [9.17, 15) is 14.3 Å². The molecule has 0 spiro atoms. The zero-order chi connectivity index (χ0) is 29.8. The number of para-hydroxylation sites is 2. The first-order chi connectivity index (χ1) is 21.1. The van der Waals surface area contributed by atoms with Crippen LogP contribution in [0.1, 0.15) is 36.0 Å². The molecule has 43 heavy (non-hydrogen) atoms. The van der Waals surface area contributed by atoms with Crippen LogP contribution < -0.4 is 14.5 Å². The lowest BCUT2D eigenvalue weighted by Crippen LogP contribution is -2.50. The molecule has 1 unspecified atom stereocenters. The number of anilines is 2. The number of amides is 1. The Morgan fingerprint density at radius 3 is 2.37 bits per heavy atom. The lowest BCUT2D eigenvalue weighted by Gasteiger charge is -2.42. The lowest BCUT2D eigenvalue weighted by molar-refractivity contribution is 0.0455. The zero-order valence-electron chi connectivity index (χ0n) is 25.0. The van der Waals surface area contributed by atoms with Gasteiger partial charge in [-0.15, -0.1) is 0 Å². The van der Waals surface area contributed by atoms with Crippen LogP contribution in [0.5, 0.6) is 5.75 Å². The standard InChI is InChI=1S/C34H42FN5O3/c1-43-32-11-5-2-8-27(32)30-13-12-28(33(36-30)38-21-19-37(20-22-38)31-10-4-3-9-29(31)35)34(42)39-17-14-26(15-18-39)40-16-6-7-25(23-40)24-41/h2-5,8-13,25-26,41H,6-7,14-24H2,1H3. The second kappa shape index (κ2) is 13.3. The summed E-state index contributed by atoms with van der Waals surface area (Å²) in [6, 6.07) is 19.0. The molecular weight excluding hydrogens is 545 g/mol. The van der Waals surface area contributed by atoms with Crippen LogP contribution in [0.4, 0.5) is 15.9 Å². The molecule has 1 atom stereocenters. The molecule has 228 valence electrons. The first-order valence-electron chi connectivity index (χ1n) is 15.6. The number of methoxy groups -OCH3 is 1. The van der Waals surface area contributed by atoms with Gasteiger partial charge in [-0.05, 0) is 74.5 Å². The highest BCUT2D eigenvalue weighted by molar-refractivity contribution is 5.99. The molecule has 1 amide bonds. The number of nitrogens with zero attached hydrogens (tertiary/aromatic N) is 5. The van der Waals surface area contributed by atoms with E-state index in [0.717, 1.165) is 55.8 Å². The van der Waals surface area contributed by atoms with Crippen molar-refractivity contribution in [2.24, 2.45) is 5.92 Å². The SMILES string of the molecule is COc1ccccc1-c1ccc(C(=O)N2CCC(N3CCCC(CO)C3)CC2)c(N2CCN(c3ccccc3F)CC2)n1. The second-order valence-electron chi connectivity index (χ2n) is 11.9. The Kier molecular flexibility index (Phi) is 9.09. The summed E-state index contributed by atoms with van der Waals surface area (Å²) in [7, 11) is 1.65. The normalized spacial score (nSPS) is 20.3. The molecule has 3 saturated heterocycles. The number of likely N-dealkylation sites (tertiary alicyclic amines) is 2. The summed E-state index contributed by atoms with van der Waals surface area (Å²) in [5.74, 6) is 1.56. The van der Waals surface area contributed by atoms with Crippen molar-refractivity contribution >= 4 is 17.4 Å². The topological polar surface area (TPSA) is 72.4 Å². The highest BCUT2D eigenvalue weighted by Gasteiger charge is 2.32. The van der Waals surface area contributed by atoms with Crippen LogP contribution in [0, 0.1) is 11.7 Å². The smallest absolute Gasteiger partial charge is 0.257 e. The Morgan fingerprint density at radius 2 is 1.63 bits per heavy atom. The number of carbonyl (C=O) groups excluding carboxylic acids is 1. The van der Waals surface area contributed by atoms with Gasteiger partial charge in [0.15, 0.2) is 0 Å². The van der Waals surface area contributed by atoms with Crippen molar-refractivity contribution in [2.75, 3.05) is 75.9 Å². The van der Waals surface area contributed by atoms with Crippen molar-refractivity contribution in [3.05, 3.63) is 72.0 Å². The van der Waals surface area contributed by atoms with Crippen LogP contribution in [-0.4, -0.2) is 97.9 Å². The van der Waals surface area contributed by atoms with Crippen LogP contribution in [0.2, 0.25) is 0 Å². The molecule has 8 nitrogen and oxygen atoms in total. The van der Waals surface area contributed by atoms with Crippen LogP contribution in [0.3, 0.4) is 0 Å². The number of piperazine rings is 1. The van der Waals surface area contributed by atoms with Gasteiger partial charge >= 0.3 is 0 Å². The summed E-state index contributed by atoms with van der Waals surface area (Å²) in [4.78, 5) is 27.9. The molecule has 6 rings (SSSR count). The number of ether oxygens (including phenoxy) is 1.